The summed E-state index contributed by atoms with van der Waals surface area (Å²) in [5.41, 5.74) is 0. The van der Waals surface area contributed by atoms with Crippen LogP contribution in [0.3, 0.4) is 0 Å². The molecule has 0 amide bonds. The van der Waals surface area contributed by atoms with E-state index in [2.05, 4.69) is 33.8 Å². The van der Waals surface area contributed by atoms with Crippen LogP contribution in [0.25, 0.3) is 0 Å². The molecule has 0 atom stereocenters. The topological polar surface area (TPSA) is 49.8 Å². The number of nitrogens with zero attached hydrogens (tertiary/aromatic N) is 2. The SMILES string of the molecule is CCCNc1ncc(Cl)c(NCC2(SC)CCCCC2)n1. The van der Waals surface area contributed by atoms with Crippen LogP contribution in [0.4, 0.5) is 11.8 Å². The third-order valence-electron chi connectivity index (χ3n) is 4.05. The number of aromatic nitrogens is 2. The number of nitrogens with one attached hydrogen (secondary N) is 2. The average molecular weight is 329 g/mol. The summed E-state index contributed by atoms with van der Waals surface area (Å²) >= 11 is 8.19. The van der Waals surface area contributed by atoms with Gasteiger partial charge in [-0.15, -0.1) is 0 Å². The Balaban J connectivity index is 2.00. The molecule has 1 aromatic heterocycles. The Bertz CT molecular complexity index is 449. The molecule has 0 aliphatic heterocycles. The molecular formula is C15H25ClN4S. The molecule has 0 unspecified atom stereocenters. The van der Waals surface area contributed by atoms with Crippen LogP contribution < -0.4 is 10.6 Å². The van der Waals surface area contributed by atoms with E-state index >= 15 is 0 Å². The van der Waals surface area contributed by atoms with Crippen LogP contribution in [0, 0.1) is 0 Å². The molecule has 4 nitrogen and oxygen atoms in total. The molecule has 2 N–H and O–H groups in total. The van der Waals surface area contributed by atoms with Crippen LogP contribution in [0.1, 0.15) is 45.4 Å². The first-order valence-corrected chi connectivity index (χ1v) is 9.35. The summed E-state index contributed by atoms with van der Waals surface area (Å²) in [5, 5.41) is 7.23. The standard InChI is InChI=1S/C15H25ClN4S/c1-3-9-17-14-18-10-12(16)13(20-14)19-11-15(21-2)7-5-4-6-8-15/h10H,3-9,11H2,1-2H3,(H2,17,18,19,20). The Morgan fingerprint density at radius 2 is 2.05 bits per heavy atom. The highest BCUT2D eigenvalue weighted by Gasteiger charge is 2.31. The van der Waals surface area contributed by atoms with E-state index in [1.54, 1.807) is 6.20 Å². The van der Waals surface area contributed by atoms with Crippen molar-refractivity contribution in [1.29, 1.82) is 0 Å². The fourth-order valence-electron chi connectivity index (χ4n) is 2.71. The van der Waals surface area contributed by atoms with Gasteiger partial charge in [-0.05, 0) is 25.5 Å². The van der Waals surface area contributed by atoms with E-state index in [1.807, 2.05) is 11.8 Å². The van der Waals surface area contributed by atoms with E-state index < -0.39 is 0 Å². The van der Waals surface area contributed by atoms with Gasteiger partial charge in [-0.25, -0.2) is 4.98 Å². The molecule has 1 aliphatic carbocycles. The van der Waals surface area contributed by atoms with Gasteiger partial charge >= 0.3 is 0 Å². The van der Waals surface area contributed by atoms with Crippen molar-refractivity contribution < 1.29 is 0 Å². The molecule has 2 rings (SSSR count). The van der Waals surface area contributed by atoms with Gasteiger partial charge in [-0.1, -0.05) is 37.8 Å². The zero-order valence-corrected chi connectivity index (χ0v) is 14.5. The van der Waals surface area contributed by atoms with Gasteiger partial charge in [-0.2, -0.15) is 16.7 Å². The van der Waals surface area contributed by atoms with Crippen molar-refractivity contribution in [1.82, 2.24) is 9.97 Å². The van der Waals surface area contributed by atoms with Crippen molar-refractivity contribution in [3.05, 3.63) is 11.2 Å². The van der Waals surface area contributed by atoms with Gasteiger partial charge in [0.1, 0.15) is 5.02 Å². The Morgan fingerprint density at radius 1 is 1.29 bits per heavy atom. The molecule has 1 aliphatic rings. The number of anilines is 2. The Kier molecular flexibility index (Phi) is 6.42. The van der Waals surface area contributed by atoms with Crippen LogP contribution in [-0.2, 0) is 0 Å². The molecular weight excluding hydrogens is 304 g/mol. The predicted molar refractivity (Wildman–Crippen MR) is 93.6 cm³/mol. The van der Waals surface area contributed by atoms with Gasteiger partial charge in [-0.3, -0.25) is 0 Å². The fraction of sp³-hybridized carbons (Fsp3) is 0.733. The lowest BCUT2D eigenvalue weighted by molar-refractivity contribution is 0.411. The molecule has 0 aromatic carbocycles. The molecule has 1 fully saturated rings. The van der Waals surface area contributed by atoms with E-state index in [4.69, 9.17) is 11.6 Å². The summed E-state index contributed by atoms with van der Waals surface area (Å²) in [4.78, 5) is 8.69. The van der Waals surface area contributed by atoms with Gasteiger partial charge in [0.25, 0.3) is 0 Å². The van der Waals surface area contributed by atoms with Gasteiger partial charge < -0.3 is 10.6 Å². The predicted octanol–water partition coefficient (Wildman–Crippen LogP) is 4.43. The van der Waals surface area contributed by atoms with E-state index in [0.717, 1.165) is 25.3 Å². The van der Waals surface area contributed by atoms with Crippen molar-refractivity contribution in [3.8, 4) is 0 Å². The lowest BCUT2D eigenvalue weighted by Gasteiger charge is -2.36. The van der Waals surface area contributed by atoms with E-state index in [-0.39, 0.29) is 0 Å². The lowest BCUT2D eigenvalue weighted by Crippen LogP contribution is -2.35. The number of rotatable bonds is 7. The highest BCUT2D eigenvalue weighted by atomic mass is 35.5. The summed E-state index contributed by atoms with van der Waals surface area (Å²) in [6.45, 7) is 3.90. The summed E-state index contributed by atoms with van der Waals surface area (Å²) in [7, 11) is 0. The van der Waals surface area contributed by atoms with E-state index in [1.165, 1.54) is 32.1 Å². The Hall–Kier alpha value is -0.680. The zero-order chi connectivity index (χ0) is 15.1. The first kappa shape index (κ1) is 16.7. The highest BCUT2D eigenvalue weighted by Crippen LogP contribution is 2.38. The second-order valence-electron chi connectivity index (χ2n) is 5.62. The molecule has 0 bridgehead atoms. The molecule has 0 radical (unpaired) electrons. The maximum absolute atomic E-state index is 6.21. The van der Waals surface area contributed by atoms with E-state index in [9.17, 15) is 0 Å². The zero-order valence-electron chi connectivity index (χ0n) is 12.9. The number of hydrogen-bond donors (Lipinski definition) is 2. The average Bonchev–Trinajstić information content (AvgIpc) is 2.53. The second kappa shape index (κ2) is 8.08. The molecule has 6 heteroatoms. The third kappa shape index (κ3) is 4.65. The van der Waals surface area contributed by atoms with Crippen molar-refractivity contribution in [2.75, 3.05) is 30.0 Å². The van der Waals surface area contributed by atoms with Crippen LogP contribution in [0.15, 0.2) is 6.20 Å². The van der Waals surface area contributed by atoms with Crippen LogP contribution in [0.5, 0.6) is 0 Å². The maximum Gasteiger partial charge on any atom is 0.224 e. The van der Waals surface area contributed by atoms with Gasteiger partial charge in [0.05, 0.1) is 6.20 Å². The quantitative estimate of drug-likeness (QED) is 0.775. The molecule has 0 spiro atoms. The van der Waals surface area contributed by atoms with Crippen molar-refractivity contribution in [2.24, 2.45) is 0 Å². The van der Waals surface area contributed by atoms with Crippen LogP contribution >= 0.6 is 23.4 Å². The van der Waals surface area contributed by atoms with Crippen LogP contribution in [-0.4, -0.2) is 34.1 Å². The molecule has 1 aromatic rings. The minimum Gasteiger partial charge on any atom is -0.367 e. The molecule has 118 valence electrons. The minimum absolute atomic E-state index is 0.323. The second-order valence-corrected chi connectivity index (χ2v) is 7.30. The van der Waals surface area contributed by atoms with Crippen molar-refractivity contribution in [2.45, 2.75) is 50.2 Å². The molecule has 1 saturated carbocycles. The molecule has 0 saturated heterocycles. The Morgan fingerprint density at radius 3 is 2.71 bits per heavy atom. The highest BCUT2D eigenvalue weighted by molar-refractivity contribution is 8.00. The number of thioether (sulfide) groups is 1. The third-order valence-corrected chi connectivity index (χ3v) is 5.75. The Labute approximate surface area is 136 Å². The van der Waals surface area contributed by atoms with Crippen molar-refractivity contribution in [3.63, 3.8) is 0 Å². The fourth-order valence-corrected chi connectivity index (χ4v) is 3.78. The summed E-state index contributed by atoms with van der Waals surface area (Å²) in [6.07, 6.45) is 11.5. The molecule has 1 heterocycles. The first-order chi connectivity index (χ1) is 10.2. The summed E-state index contributed by atoms with van der Waals surface area (Å²) in [6, 6.07) is 0. The first-order valence-electron chi connectivity index (χ1n) is 7.74. The largest absolute Gasteiger partial charge is 0.367 e. The normalized spacial score (nSPS) is 17.5. The monoisotopic (exact) mass is 328 g/mol. The molecule has 21 heavy (non-hydrogen) atoms. The number of hydrogen-bond acceptors (Lipinski definition) is 5. The number of halogens is 1. The summed E-state index contributed by atoms with van der Waals surface area (Å²) < 4.78 is 0.323. The van der Waals surface area contributed by atoms with Gasteiger partial charge in [0, 0.05) is 17.8 Å². The van der Waals surface area contributed by atoms with Crippen LogP contribution in [0.2, 0.25) is 5.02 Å². The smallest absolute Gasteiger partial charge is 0.224 e. The van der Waals surface area contributed by atoms with Gasteiger partial charge in [0.15, 0.2) is 5.82 Å². The maximum atomic E-state index is 6.21. The van der Waals surface area contributed by atoms with Crippen molar-refractivity contribution >= 4 is 35.1 Å². The van der Waals surface area contributed by atoms with Gasteiger partial charge in [0.2, 0.25) is 5.95 Å². The van der Waals surface area contributed by atoms with E-state index in [0.29, 0.717) is 15.7 Å². The summed E-state index contributed by atoms with van der Waals surface area (Å²) in [5.74, 6) is 1.38. The lowest BCUT2D eigenvalue weighted by atomic mass is 9.88. The minimum atomic E-state index is 0.323.